The van der Waals surface area contributed by atoms with Crippen LogP contribution in [0.25, 0.3) is 0 Å². The summed E-state index contributed by atoms with van der Waals surface area (Å²) < 4.78 is 0. The Kier molecular flexibility index (Phi) is 5.70. The standard InChI is InChI=1S/C15H23N3O2/c1-5-10(2)13(16)14(19)17-12-8-6-7-11(9-12)15(20)18(3)4/h6-10,13H,5,16H2,1-4H3,(H,17,19). The van der Waals surface area contributed by atoms with Crippen molar-refractivity contribution in [1.29, 1.82) is 0 Å². The van der Waals surface area contributed by atoms with E-state index < -0.39 is 6.04 Å². The molecule has 5 heteroatoms. The van der Waals surface area contributed by atoms with Crippen molar-refractivity contribution in [1.82, 2.24) is 4.90 Å². The Morgan fingerprint density at radius 1 is 1.35 bits per heavy atom. The third-order valence-electron chi connectivity index (χ3n) is 3.34. The minimum Gasteiger partial charge on any atom is -0.345 e. The second-order valence-corrected chi connectivity index (χ2v) is 5.18. The monoisotopic (exact) mass is 277 g/mol. The first-order valence-electron chi connectivity index (χ1n) is 6.75. The van der Waals surface area contributed by atoms with Crippen LogP contribution in [0.4, 0.5) is 5.69 Å². The minimum atomic E-state index is -0.548. The molecule has 1 aromatic carbocycles. The van der Waals surface area contributed by atoms with E-state index in [0.29, 0.717) is 11.3 Å². The molecular weight excluding hydrogens is 254 g/mol. The van der Waals surface area contributed by atoms with E-state index in [0.717, 1.165) is 6.42 Å². The highest BCUT2D eigenvalue weighted by molar-refractivity contribution is 5.98. The zero-order valence-electron chi connectivity index (χ0n) is 12.5. The van der Waals surface area contributed by atoms with Gasteiger partial charge in [0.15, 0.2) is 0 Å². The van der Waals surface area contributed by atoms with Gasteiger partial charge in [0.2, 0.25) is 5.91 Å². The summed E-state index contributed by atoms with van der Waals surface area (Å²) in [7, 11) is 3.37. The van der Waals surface area contributed by atoms with Gasteiger partial charge in [-0.1, -0.05) is 26.3 Å². The Bertz CT molecular complexity index is 486. The van der Waals surface area contributed by atoms with E-state index in [2.05, 4.69) is 5.32 Å². The van der Waals surface area contributed by atoms with Gasteiger partial charge in [-0.2, -0.15) is 0 Å². The molecule has 0 aliphatic carbocycles. The molecule has 1 aromatic rings. The van der Waals surface area contributed by atoms with Gasteiger partial charge in [0.1, 0.15) is 0 Å². The number of rotatable bonds is 5. The van der Waals surface area contributed by atoms with Gasteiger partial charge in [0, 0.05) is 25.3 Å². The maximum atomic E-state index is 12.0. The number of nitrogens with two attached hydrogens (primary N) is 1. The molecule has 0 saturated heterocycles. The highest BCUT2D eigenvalue weighted by Crippen LogP contribution is 2.14. The number of amides is 2. The Hall–Kier alpha value is -1.88. The molecule has 0 bridgehead atoms. The van der Waals surface area contributed by atoms with Crippen LogP contribution in [0.5, 0.6) is 0 Å². The first-order chi connectivity index (χ1) is 9.36. The minimum absolute atomic E-state index is 0.104. The maximum Gasteiger partial charge on any atom is 0.253 e. The lowest BCUT2D eigenvalue weighted by Gasteiger charge is -2.18. The van der Waals surface area contributed by atoms with Crippen molar-refractivity contribution in [2.75, 3.05) is 19.4 Å². The van der Waals surface area contributed by atoms with E-state index in [1.165, 1.54) is 4.90 Å². The molecule has 0 aliphatic rings. The molecular formula is C15H23N3O2. The summed E-state index contributed by atoms with van der Waals surface area (Å²) in [5.74, 6) is -0.220. The molecule has 3 N–H and O–H groups in total. The molecule has 0 radical (unpaired) electrons. The molecule has 2 atom stereocenters. The Balaban J connectivity index is 2.81. The van der Waals surface area contributed by atoms with Crippen molar-refractivity contribution in [2.24, 2.45) is 11.7 Å². The van der Waals surface area contributed by atoms with Gasteiger partial charge in [-0.05, 0) is 24.1 Å². The number of hydrogen-bond acceptors (Lipinski definition) is 3. The summed E-state index contributed by atoms with van der Waals surface area (Å²) in [6, 6.07) is 6.30. The van der Waals surface area contributed by atoms with Crippen molar-refractivity contribution < 1.29 is 9.59 Å². The summed E-state index contributed by atoms with van der Waals surface area (Å²) in [5, 5.41) is 2.76. The maximum absolute atomic E-state index is 12.0. The van der Waals surface area contributed by atoms with Gasteiger partial charge in [0.05, 0.1) is 6.04 Å². The summed E-state index contributed by atoms with van der Waals surface area (Å²) in [6.45, 7) is 3.93. The highest BCUT2D eigenvalue weighted by atomic mass is 16.2. The fourth-order valence-corrected chi connectivity index (χ4v) is 1.73. The lowest BCUT2D eigenvalue weighted by atomic mass is 9.99. The first-order valence-corrected chi connectivity index (χ1v) is 6.75. The van der Waals surface area contributed by atoms with Crippen molar-refractivity contribution >= 4 is 17.5 Å². The number of nitrogens with one attached hydrogen (secondary N) is 1. The first kappa shape index (κ1) is 16.2. The van der Waals surface area contributed by atoms with E-state index in [4.69, 9.17) is 5.73 Å². The zero-order valence-corrected chi connectivity index (χ0v) is 12.5. The Morgan fingerprint density at radius 2 is 2.00 bits per heavy atom. The van der Waals surface area contributed by atoms with Crippen LogP contribution in [-0.2, 0) is 4.79 Å². The van der Waals surface area contributed by atoms with Crippen LogP contribution in [0.2, 0.25) is 0 Å². The van der Waals surface area contributed by atoms with Crippen LogP contribution >= 0.6 is 0 Å². The van der Waals surface area contributed by atoms with Gasteiger partial charge in [-0.3, -0.25) is 9.59 Å². The molecule has 20 heavy (non-hydrogen) atoms. The molecule has 0 aromatic heterocycles. The molecule has 1 rings (SSSR count). The second-order valence-electron chi connectivity index (χ2n) is 5.18. The van der Waals surface area contributed by atoms with E-state index in [9.17, 15) is 9.59 Å². The van der Waals surface area contributed by atoms with Gasteiger partial charge in [-0.15, -0.1) is 0 Å². The predicted molar refractivity (Wildman–Crippen MR) is 80.5 cm³/mol. The predicted octanol–water partition coefficient (Wildman–Crippen LogP) is 1.70. The Morgan fingerprint density at radius 3 is 2.55 bits per heavy atom. The smallest absolute Gasteiger partial charge is 0.253 e. The topological polar surface area (TPSA) is 75.4 Å². The molecule has 0 heterocycles. The summed E-state index contributed by atoms with van der Waals surface area (Å²) >= 11 is 0. The SMILES string of the molecule is CCC(C)C(N)C(=O)Nc1cccc(C(=O)N(C)C)c1. The summed E-state index contributed by atoms with van der Waals surface area (Å²) in [5.41, 5.74) is 6.99. The molecule has 0 aliphatic heterocycles. The van der Waals surface area contributed by atoms with Crippen LogP contribution in [-0.4, -0.2) is 36.9 Å². The third-order valence-corrected chi connectivity index (χ3v) is 3.34. The lowest BCUT2D eigenvalue weighted by molar-refractivity contribution is -0.118. The summed E-state index contributed by atoms with van der Waals surface area (Å²) in [6.07, 6.45) is 0.841. The van der Waals surface area contributed by atoms with Crippen molar-refractivity contribution in [3.63, 3.8) is 0 Å². The summed E-state index contributed by atoms with van der Waals surface area (Å²) in [4.78, 5) is 25.3. The van der Waals surface area contributed by atoms with Gasteiger partial charge in [-0.25, -0.2) is 0 Å². The number of nitrogens with zero attached hydrogens (tertiary/aromatic N) is 1. The van der Waals surface area contributed by atoms with Gasteiger partial charge in [0.25, 0.3) is 5.91 Å². The average Bonchev–Trinajstić information content (AvgIpc) is 2.44. The van der Waals surface area contributed by atoms with Crippen molar-refractivity contribution in [3.8, 4) is 0 Å². The molecule has 110 valence electrons. The van der Waals surface area contributed by atoms with Crippen LogP contribution in [0.3, 0.4) is 0 Å². The largest absolute Gasteiger partial charge is 0.345 e. The van der Waals surface area contributed by atoms with Crippen LogP contribution in [0.15, 0.2) is 24.3 Å². The molecule has 0 spiro atoms. The quantitative estimate of drug-likeness (QED) is 0.860. The van der Waals surface area contributed by atoms with Gasteiger partial charge < -0.3 is 16.0 Å². The normalized spacial score (nSPS) is 13.4. The van der Waals surface area contributed by atoms with Crippen molar-refractivity contribution in [3.05, 3.63) is 29.8 Å². The van der Waals surface area contributed by atoms with Crippen LogP contribution < -0.4 is 11.1 Å². The molecule has 2 amide bonds. The lowest BCUT2D eigenvalue weighted by Crippen LogP contribution is -2.40. The van der Waals surface area contributed by atoms with Crippen LogP contribution in [0, 0.1) is 5.92 Å². The van der Waals surface area contributed by atoms with E-state index in [-0.39, 0.29) is 17.7 Å². The number of carbonyl (C=O) groups excluding carboxylic acids is 2. The molecule has 0 fully saturated rings. The Labute approximate surface area is 120 Å². The van der Waals surface area contributed by atoms with E-state index >= 15 is 0 Å². The molecule has 2 unspecified atom stereocenters. The third kappa shape index (κ3) is 4.06. The number of anilines is 1. The number of benzene rings is 1. The van der Waals surface area contributed by atoms with E-state index in [1.54, 1.807) is 38.4 Å². The number of carbonyl (C=O) groups is 2. The van der Waals surface area contributed by atoms with Crippen LogP contribution in [0.1, 0.15) is 30.6 Å². The van der Waals surface area contributed by atoms with Gasteiger partial charge >= 0.3 is 0 Å². The number of hydrogen-bond donors (Lipinski definition) is 2. The fourth-order valence-electron chi connectivity index (χ4n) is 1.73. The highest BCUT2D eigenvalue weighted by Gasteiger charge is 2.19. The fraction of sp³-hybridized carbons (Fsp3) is 0.467. The zero-order chi connectivity index (χ0) is 15.3. The second kappa shape index (κ2) is 7.05. The van der Waals surface area contributed by atoms with E-state index in [1.807, 2.05) is 13.8 Å². The average molecular weight is 277 g/mol. The molecule has 5 nitrogen and oxygen atoms in total. The van der Waals surface area contributed by atoms with Crippen molar-refractivity contribution in [2.45, 2.75) is 26.3 Å². The molecule has 0 saturated carbocycles.